The van der Waals surface area contributed by atoms with Crippen molar-refractivity contribution >= 4 is 35.2 Å². The highest BCUT2D eigenvalue weighted by Gasteiger charge is 2.28. The van der Waals surface area contributed by atoms with E-state index in [4.69, 9.17) is 11.6 Å². The van der Waals surface area contributed by atoms with Gasteiger partial charge in [-0.1, -0.05) is 55.3 Å². The molecule has 0 fully saturated rings. The van der Waals surface area contributed by atoms with E-state index in [2.05, 4.69) is 36.5 Å². The Labute approximate surface area is 195 Å². The van der Waals surface area contributed by atoms with Gasteiger partial charge in [-0.15, -0.1) is 11.8 Å². The monoisotopic (exact) mass is 460 g/mol. The molecule has 2 aromatic rings. The number of nitrogens with one attached hydrogen (secondary N) is 1. The van der Waals surface area contributed by atoms with Crippen molar-refractivity contribution in [2.24, 2.45) is 0 Å². The molecule has 0 radical (unpaired) electrons. The first-order chi connectivity index (χ1) is 14.8. The fraction of sp³-hybridized carbons (Fsp3) is 0.440. The van der Waals surface area contributed by atoms with E-state index in [1.807, 2.05) is 45.0 Å². The zero-order valence-corrected chi connectivity index (χ0v) is 20.4. The first-order valence-corrected chi connectivity index (χ1v) is 12.2. The average Bonchev–Trinajstić information content (AvgIpc) is 2.76. The molecule has 0 saturated carbocycles. The third kappa shape index (κ3) is 8.23. The van der Waals surface area contributed by atoms with Crippen molar-refractivity contribution in [2.45, 2.75) is 70.5 Å². The fourth-order valence-corrected chi connectivity index (χ4v) is 4.15. The number of hydrogen-bond donors (Lipinski definition) is 1. The van der Waals surface area contributed by atoms with Crippen LogP contribution in [0.4, 0.5) is 0 Å². The summed E-state index contributed by atoms with van der Waals surface area (Å²) in [6.45, 7) is 8.41. The number of carbonyl (C=O) groups is 2. The fourth-order valence-electron chi connectivity index (χ4n) is 3.18. The molecule has 0 aliphatic rings. The van der Waals surface area contributed by atoms with E-state index in [0.717, 1.165) is 16.9 Å². The molecule has 0 unspecified atom stereocenters. The first kappa shape index (κ1) is 25.3. The van der Waals surface area contributed by atoms with Crippen LogP contribution < -0.4 is 5.32 Å². The van der Waals surface area contributed by atoms with Crippen LogP contribution in [0.2, 0.25) is 5.02 Å². The van der Waals surface area contributed by atoms with Gasteiger partial charge in [-0.25, -0.2) is 0 Å². The summed E-state index contributed by atoms with van der Waals surface area (Å²) in [5.74, 6) is 0.564. The number of thioether (sulfide) groups is 1. The van der Waals surface area contributed by atoms with Gasteiger partial charge in [-0.3, -0.25) is 9.59 Å². The Bertz CT molecular complexity index is 840. The van der Waals surface area contributed by atoms with E-state index in [0.29, 0.717) is 30.2 Å². The summed E-state index contributed by atoms with van der Waals surface area (Å²) in [6.07, 6.45) is 1.78. The number of amides is 2. The third-order valence-corrected chi connectivity index (χ3v) is 6.52. The second kappa shape index (κ2) is 12.8. The number of nitrogens with zero attached hydrogens (tertiary/aromatic N) is 1. The minimum absolute atomic E-state index is 0.0132. The summed E-state index contributed by atoms with van der Waals surface area (Å²) in [5.41, 5.74) is 2.17. The van der Waals surface area contributed by atoms with Crippen LogP contribution in [-0.4, -0.2) is 34.6 Å². The van der Waals surface area contributed by atoms with Crippen LogP contribution in [-0.2, 0) is 16.1 Å². The zero-order valence-electron chi connectivity index (χ0n) is 18.9. The second-order valence-corrected chi connectivity index (χ2v) is 9.41. The minimum Gasteiger partial charge on any atom is -0.352 e. The van der Waals surface area contributed by atoms with Crippen molar-refractivity contribution in [3.05, 3.63) is 64.7 Å². The Morgan fingerprint density at radius 2 is 1.68 bits per heavy atom. The first-order valence-electron chi connectivity index (χ1n) is 10.9. The standard InChI is InChI=1S/C25H33ClN2O2S/c1-5-19(4)27-25(30)23(6-2)28(17-20-9-11-21(26)12-10-20)24(29)15-16-31-22-13-7-18(3)8-14-22/h7-14,19,23H,5-6,15-17H2,1-4H3,(H,27,30)/t19-,23-/m0/s1. The number of carbonyl (C=O) groups excluding carboxylic acids is 2. The molecule has 2 atom stereocenters. The lowest BCUT2D eigenvalue weighted by atomic mass is 10.1. The maximum Gasteiger partial charge on any atom is 0.243 e. The van der Waals surface area contributed by atoms with Crippen molar-refractivity contribution < 1.29 is 9.59 Å². The molecule has 0 aliphatic heterocycles. The maximum absolute atomic E-state index is 13.2. The van der Waals surface area contributed by atoms with Gasteiger partial charge in [0.25, 0.3) is 0 Å². The Morgan fingerprint density at radius 3 is 2.26 bits per heavy atom. The molecule has 0 spiro atoms. The molecular weight excluding hydrogens is 428 g/mol. The van der Waals surface area contributed by atoms with Gasteiger partial charge in [-0.05, 0) is 56.5 Å². The minimum atomic E-state index is -0.499. The van der Waals surface area contributed by atoms with E-state index < -0.39 is 6.04 Å². The van der Waals surface area contributed by atoms with Crippen molar-refractivity contribution in [1.82, 2.24) is 10.2 Å². The van der Waals surface area contributed by atoms with Crippen molar-refractivity contribution in [2.75, 3.05) is 5.75 Å². The highest BCUT2D eigenvalue weighted by atomic mass is 35.5. The van der Waals surface area contributed by atoms with E-state index in [1.54, 1.807) is 16.7 Å². The van der Waals surface area contributed by atoms with Gasteiger partial charge < -0.3 is 10.2 Å². The van der Waals surface area contributed by atoms with Crippen molar-refractivity contribution in [1.29, 1.82) is 0 Å². The second-order valence-electron chi connectivity index (χ2n) is 7.80. The lowest BCUT2D eigenvalue weighted by Gasteiger charge is -2.31. The van der Waals surface area contributed by atoms with Crippen LogP contribution in [0.15, 0.2) is 53.4 Å². The number of rotatable bonds is 11. The Morgan fingerprint density at radius 1 is 1.03 bits per heavy atom. The quantitative estimate of drug-likeness (QED) is 0.427. The number of halogens is 1. The van der Waals surface area contributed by atoms with Gasteiger partial charge in [0, 0.05) is 34.7 Å². The van der Waals surface area contributed by atoms with Gasteiger partial charge in [0.1, 0.15) is 6.04 Å². The molecule has 0 bridgehead atoms. The van der Waals surface area contributed by atoms with Gasteiger partial charge in [0.2, 0.25) is 11.8 Å². The van der Waals surface area contributed by atoms with Gasteiger partial charge >= 0.3 is 0 Å². The Balaban J connectivity index is 2.12. The van der Waals surface area contributed by atoms with Crippen LogP contribution in [0.25, 0.3) is 0 Å². The predicted molar refractivity (Wildman–Crippen MR) is 130 cm³/mol. The van der Waals surface area contributed by atoms with Crippen LogP contribution in [0.3, 0.4) is 0 Å². The Kier molecular flexibility index (Phi) is 10.4. The highest BCUT2D eigenvalue weighted by molar-refractivity contribution is 7.99. The van der Waals surface area contributed by atoms with Gasteiger partial charge in [0.15, 0.2) is 0 Å². The summed E-state index contributed by atoms with van der Waals surface area (Å²) >= 11 is 7.67. The molecule has 0 aromatic heterocycles. The number of aryl methyl sites for hydroxylation is 1. The zero-order chi connectivity index (χ0) is 22.8. The molecule has 6 heteroatoms. The van der Waals surface area contributed by atoms with Crippen molar-refractivity contribution in [3.63, 3.8) is 0 Å². The molecule has 2 aromatic carbocycles. The van der Waals surface area contributed by atoms with Crippen LogP contribution >= 0.6 is 23.4 Å². The maximum atomic E-state index is 13.2. The molecular formula is C25H33ClN2O2S. The van der Waals surface area contributed by atoms with Gasteiger partial charge in [0.05, 0.1) is 0 Å². The third-order valence-electron chi connectivity index (χ3n) is 5.26. The van der Waals surface area contributed by atoms with E-state index in [1.165, 1.54) is 5.56 Å². The Hall–Kier alpha value is -1.98. The SMILES string of the molecule is CC[C@H](C)NC(=O)[C@H](CC)N(Cc1ccc(Cl)cc1)C(=O)CCSc1ccc(C)cc1. The number of benzene rings is 2. The molecule has 1 N–H and O–H groups in total. The molecule has 2 amide bonds. The van der Waals surface area contributed by atoms with E-state index >= 15 is 0 Å². The summed E-state index contributed by atoms with van der Waals surface area (Å²) < 4.78 is 0. The summed E-state index contributed by atoms with van der Waals surface area (Å²) in [4.78, 5) is 29.0. The smallest absolute Gasteiger partial charge is 0.243 e. The lowest BCUT2D eigenvalue weighted by molar-refractivity contribution is -0.141. The average molecular weight is 461 g/mol. The van der Waals surface area contributed by atoms with E-state index in [-0.39, 0.29) is 17.9 Å². The van der Waals surface area contributed by atoms with Crippen LogP contribution in [0.1, 0.15) is 51.2 Å². The molecule has 0 aliphatic carbocycles. The molecule has 31 heavy (non-hydrogen) atoms. The van der Waals surface area contributed by atoms with Crippen LogP contribution in [0.5, 0.6) is 0 Å². The molecule has 4 nitrogen and oxygen atoms in total. The van der Waals surface area contributed by atoms with Crippen molar-refractivity contribution in [3.8, 4) is 0 Å². The largest absolute Gasteiger partial charge is 0.352 e. The lowest BCUT2D eigenvalue weighted by Crippen LogP contribution is -2.50. The van der Waals surface area contributed by atoms with E-state index in [9.17, 15) is 9.59 Å². The predicted octanol–water partition coefficient (Wildman–Crippen LogP) is 5.85. The summed E-state index contributed by atoms with van der Waals surface area (Å²) in [5, 5.41) is 3.69. The normalized spacial score (nSPS) is 12.8. The summed E-state index contributed by atoms with van der Waals surface area (Å²) in [6, 6.07) is 15.3. The summed E-state index contributed by atoms with van der Waals surface area (Å²) in [7, 11) is 0. The van der Waals surface area contributed by atoms with Crippen LogP contribution in [0, 0.1) is 6.92 Å². The molecule has 2 rings (SSSR count). The van der Waals surface area contributed by atoms with Gasteiger partial charge in [-0.2, -0.15) is 0 Å². The molecule has 0 saturated heterocycles. The molecule has 0 heterocycles. The molecule has 168 valence electrons. The number of hydrogen-bond acceptors (Lipinski definition) is 3. The highest BCUT2D eigenvalue weighted by Crippen LogP contribution is 2.21. The topological polar surface area (TPSA) is 49.4 Å².